The highest BCUT2D eigenvalue weighted by Gasteiger charge is 2.31. The van der Waals surface area contributed by atoms with Crippen molar-refractivity contribution < 1.29 is 32.6 Å². The summed E-state index contributed by atoms with van der Waals surface area (Å²) in [4.78, 5) is 27.7. The number of hydrogen-bond acceptors (Lipinski definition) is 6. The van der Waals surface area contributed by atoms with Crippen LogP contribution >= 0.6 is 11.3 Å². The van der Waals surface area contributed by atoms with Gasteiger partial charge in [-0.25, -0.2) is 4.98 Å². The zero-order valence-corrected chi connectivity index (χ0v) is 21.6. The number of nitriles is 1. The molecule has 0 aliphatic heterocycles. The number of hydrogen-bond donors (Lipinski definition) is 2. The van der Waals surface area contributed by atoms with Gasteiger partial charge in [0.1, 0.15) is 10.8 Å². The Morgan fingerprint density at radius 1 is 1.02 bits per heavy atom. The molecule has 0 saturated carbocycles. The van der Waals surface area contributed by atoms with Gasteiger partial charge in [-0.15, -0.1) is 24.5 Å². The Labute approximate surface area is 231 Å². The Bertz CT molecular complexity index is 1510. The lowest BCUT2D eigenvalue weighted by Crippen LogP contribution is -2.25. The predicted octanol–water partition coefficient (Wildman–Crippen LogP) is 6.16. The number of halogens is 3. The first-order valence-corrected chi connectivity index (χ1v) is 12.9. The number of aliphatic carboxylic acids is 1. The van der Waals surface area contributed by atoms with E-state index in [1.165, 1.54) is 23.5 Å². The highest BCUT2D eigenvalue weighted by atomic mass is 32.1. The summed E-state index contributed by atoms with van der Waals surface area (Å²) in [6, 6.07) is 21.5. The van der Waals surface area contributed by atoms with Crippen LogP contribution in [0.3, 0.4) is 0 Å². The summed E-state index contributed by atoms with van der Waals surface area (Å²) in [5.74, 6) is -2.04. The molecule has 1 atom stereocenters. The molecule has 1 heterocycles. The van der Waals surface area contributed by atoms with Crippen molar-refractivity contribution in [3.63, 3.8) is 0 Å². The third-order valence-corrected chi connectivity index (χ3v) is 6.88. The lowest BCUT2D eigenvalue weighted by Gasteiger charge is -2.17. The van der Waals surface area contributed by atoms with Crippen LogP contribution in [-0.2, 0) is 11.2 Å². The average molecular weight is 566 g/mol. The minimum atomic E-state index is -4.80. The van der Waals surface area contributed by atoms with Crippen LogP contribution in [0, 0.1) is 11.3 Å². The van der Waals surface area contributed by atoms with E-state index in [1.54, 1.807) is 60.7 Å². The maximum atomic E-state index is 12.7. The van der Waals surface area contributed by atoms with Gasteiger partial charge in [0.2, 0.25) is 0 Å². The van der Waals surface area contributed by atoms with Crippen LogP contribution in [0.5, 0.6) is 5.75 Å². The predicted molar refractivity (Wildman–Crippen MR) is 142 cm³/mol. The number of thiazole rings is 1. The number of alkyl halides is 3. The first kappa shape index (κ1) is 28.3. The van der Waals surface area contributed by atoms with Crippen LogP contribution in [0.15, 0.2) is 78.2 Å². The summed E-state index contributed by atoms with van der Waals surface area (Å²) in [6.45, 7) is 0.0116. The SMILES string of the molecule is N#Cc1ccc(-c2csc(C(Cc3ccc(C(=O)NCCC(=O)O)cc3)c3ccc(OC(F)(F)F)cc3)n2)cc1. The monoisotopic (exact) mass is 565 g/mol. The Kier molecular flexibility index (Phi) is 8.81. The van der Waals surface area contributed by atoms with Crippen LogP contribution < -0.4 is 10.1 Å². The molecule has 1 unspecified atom stereocenters. The molecule has 0 radical (unpaired) electrons. The molecule has 0 aliphatic rings. The van der Waals surface area contributed by atoms with Crippen molar-refractivity contribution in [2.45, 2.75) is 25.1 Å². The fraction of sp³-hybridized carbons (Fsp3) is 0.172. The van der Waals surface area contributed by atoms with Crippen LogP contribution in [0.4, 0.5) is 13.2 Å². The fourth-order valence-electron chi connectivity index (χ4n) is 3.96. The van der Waals surface area contributed by atoms with Crippen molar-refractivity contribution in [3.8, 4) is 23.1 Å². The molecule has 7 nitrogen and oxygen atoms in total. The minimum Gasteiger partial charge on any atom is -0.481 e. The number of nitrogens with one attached hydrogen (secondary N) is 1. The number of carbonyl (C=O) groups excluding carboxylic acids is 1. The van der Waals surface area contributed by atoms with E-state index in [0.717, 1.165) is 21.7 Å². The number of benzene rings is 3. The maximum Gasteiger partial charge on any atom is 0.573 e. The first-order valence-electron chi connectivity index (χ1n) is 12.0. The van der Waals surface area contributed by atoms with Crippen LogP contribution in [0.25, 0.3) is 11.3 Å². The van der Waals surface area contributed by atoms with E-state index in [2.05, 4.69) is 16.1 Å². The Morgan fingerprint density at radius 3 is 2.30 bits per heavy atom. The maximum absolute atomic E-state index is 12.7. The van der Waals surface area contributed by atoms with Gasteiger partial charge in [0, 0.05) is 29.0 Å². The van der Waals surface area contributed by atoms with Crippen molar-refractivity contribution in [2.24, 2.45) is 0 Å². The summed E-state index contributed by atoms with van der Waals surface area (Å²) >= 11 is 1.41. The molecular weight excluding hydrogens is 543 g/mol. The molecule has 0 spiro atoms. The number of nitrogens with zero attached hydrogens (tertiary/aromatic N) is 2. The second-order valence-corrected chi connectivity index (χ2v) is 9.62. The van der Waals surface area contributed by atoms with E-state index in [9.17, 15) is 22.8 Å². The van der Waals surface area contributed by atoms with Crippen molar-refractivity contribution in [1.29, 1.82) is 5.26 Å². The number of aromatic nitrogens is 1. The van der Waals surface area contributed by atoms with Gasteiger partial charge in [0.05, 0.1) is 23.7 Å². The molecule has 0 saturated heterocycles. The van der Waals surface area contributed by atoms with Crippen LogP contribution in [-0.4, -0.2) is 34.9 Å². The summed E-state index contributed by atoms with van der Waals surface area (Å²) < 4.78 is 42.0. The van der Waals surface area contributed by atoms with Crippen molar-refractivity contribution in [1.82, 2.24) is 10.3 Å². The van der Waals surface area contributed by atoms with E-state index in [1.807, 2.05) is 5.38 Å². The minimum absolute atomic E-state index is 0.0116. The molecule has 0 aliphatic carbocycles. The summed E-state index contributed by atoms with van der Waals surface area (Å²) in [5, 5.41) is 23.0. The van der Waals surface area contributed by atoms with Gasteiger partial charge in [0.25, 0.3) is 5.91 Å². The fourth-order valence-corrected chi connectivity index (χ4v) is 4.91. The van der Waals surface area contributed by atoms with Gasteiger partial charge in [0.15, 0.2) is 0 Å². The van der Waals surface area contributed by atoms with Gasteiger partial charge < -0.3 is 15.2 Å². The molecular formula is C29H22F3N3O4S. The second-order valence-electron chi connectivity index (χ2n) is 8.73. The molecule has 204 valence electrons. The van der Waals surface area contributed by atoms with Crippen LogP contribution in [0.2, 0.25) is 0 Å². The summed E-state index contributed by atoms with van der Waals surface area (Å²) in [6.07, 6.45) is -4.54. The van der Waals surface area contributed by atoms with Gasteiger partial charge in [-0.1, -0.05) is 36.4 Å². The molecule has 1 amide bonds. The Hall–Kier alpha value is -4.69. The van der Waals surface area contributed by atoms with Crippen molar-refractivity contribution in [3.05, 3.63) is 105 Å². The second kappa shape index (κ2) is 12.4. The van der Waals surface area contributed by atoms with Gasteiger partial charge in [-0.05, 0) is 53.9 Å². The molecule has 0 fully saturated rings. The molecule has 2 N–H and O–H groups in total. The highest BCUT2D eigenvalue weighted by molar-refractivity contribution is 7.10. The zero-order chi connectivity index (χ0) is 28.7. The van der Waals surface area contributed by atoms with E-state index in [4.69, 9.17) is 15.4 Å². The number of carboxylic acid groups (broad SMARTS) is 1. The zero-order valence-electron chi connectivity index (χ0n) is 20.8. The largest absolute Gasteiger partial charge is 0.573 e. The average Bonchev–Trinajstić information content (AvgIpc) is 3.41. The number of rotatable bonds is 10. The normalized spacial score (nSPS) is 11.8. The molecule has 1 aromatic heterocycles. The van der Waals surface area contributed by atoms with Gasteiger partial charge in [-0.2, -0.15) is 5.26 Å². The lowest BCUT2D eigenvalue weighted by atomic mass is 9.92. The molecule has 40 heavy (non-hydrogen) atoms. The lowest BCUT2D eigenvalue weighted by molar-refractivity contribution is -0.274. The van der Waals surface area contributed by atoms with E-state index >= 15 is 0 Å². The molecule has 0 bridgehead atoms. The smallest absolute Gasteiger partial charge is 0.481 e. The molecule has 11 heteroatoms. The standard InChI is InChI=1S/C29H22F3N3O4S/c30-29(31,32)39-23-11-9-20(10-12-23)24(28-35-25(17-40-28)21-5-3-19(16-33)4-6-21)15-18-1-7-22(8-2-18)27(38)34-14-13-26(36)37/h1-12,17,24H,13-15H2,(H,34,38)(H,36,37). The topological polar surface area (TPSA) is 112 Å². The number of amides is 1. The highest BCUT2D eigenvalue weighted by Crippen LogP contribution is 2.35. The van der Waals surface area contributed by atoms with Crippen LogP contribution in [0.1, 0.15) is 44.4 Å². The number of carbonyl (C=O) groups is 2. The Morgan fingerprint density at radius 2 is 1.70 bits per heavy atom. The van der Waals surface area contributed by atoms with E-state index in [-0.39, 0.29) is 24.6 Å². The first-order chi connectivity index (χ1) is 19.1. The van der Waals surface area contributed by atoms with Gasteiger partial charge in [-0.3, -0.25) is 9.59 Å². The Balaban J connectivity index is 1.59. The summed E-state index contributed by atoms with van der Waals surface area (Å²) in [7, 11) is 0. The van der Waals surface area contributed by atoms with Crippen molar-refractivity contribution in [2.75, 3.05) is 6.54 Å². The van der Waals surface area contributed by atoms with E-state index < -0.39 is 18.2 Å². The van der Waals surface area contributed by atoms with Gasteiger partial charge >= 0.3 is 12.3 Å². The van der Waals surface area contributed by atoms with Crippen molar-refractivity contribution >= 4 is 23.2 Å². The number of carboxylic acids is 1. The number of ether oxygens (including phenoxy) is 1. The van der Waals surface area contributed by atoms with E-state index in [0.29, 0.717) is 23.2 Å². The third-order valence-electron chi connectivity index (χ3n) is 5.93. The summed E-state index contributed by atoms with van der Waals surface area (Å²) in [5.41, 5.74) is 4.02. The molecule has 4 aromatic rings. The molecule has 3 aromatic carbocycles. The quantitative estimate of drug-likeness (QED) is 0.238. The third kappa shape index (κ3) is 7.68. The molecule has 4 rings (SSSR count).